The Kier molecular flexibility index (Phi) is 7.55. The number of carbonyl (C=O) groups excluding carboxylic acids is 1. The second-order valence-electron chi connectivity index (χ2n) is 8.72. The highest BCUT2D eigenvalue weighted by atomic mass is 32.2. The van der Waals surface area contributed by atoms with E-state index in [1.807, 2.05) is 0 Å². The summed E-state index contributed by atoms with van der Waals surface area (Å²) in [6.07, 6.45) is 4.94. The van der Waals surface area contributed by atoms with Gasteiger partial charge in [0.25, 0.3) is 0 Å². The lowest BCUT2D eigenvalue weighted by Crippen LogP contribution is -2.28. The van der Waals surface area contributed by atoms with E-state index in [1.54, 1.807) is 25.3 Å². The van der Waals surface area contributed by atoms with Gasteiger partial charge >= 0.3 is 0 Å². The van der Waals surface area contributed by atoms with Crippen LogP contribution >= 0.6 is 0 Å². The Morgan fingerprint density at radius 3 is 2.30 bits per heavy atom. The second-order valence-corrected chi connectivity index (χ2v) is 10.7. The minimum atomic E-state index is -3.51. The summed E-state index contributed by atoms with van der Waals surface area (Å²) < 4.78 is 32.7. The highest BCUT2D eigenvalue weighted by molar-refractivity contribution is 7.89. The molecule has 0 radical (unpaired) electrons. The molecule has 1 amide bonds. The van der Waals surface area contributed by atoms with E-state index in [2.05, 4.69) is 34.5 Å². The quantitative estimate of drug-likeness (QED) is 0.607. The zero-order valence-electron chi connectivity index (χ0n) is 19.3. The number of aryl methyl sites for hydroxylation is 1. The van der Waals surface area contributed by atoms with Crippen LogP contribution in [0.3, 0.4) is 0 Å². The number of hydrogen-bond acceptors (Lipinski definition) is 5. The van der Waals surface area contributed by atoms with Gasteiger partial charge in [-0.25, -0.2) is 8.42 Å². The van der Waals surface area contributed by atoms with Gasteiger partial charge in [0.1, 0.15) is 5.75 Å². The van der Waals surface area contributed by atoms with Crippen molar-refractivity contribution < 1.29 is 17.9 Å². The Hall–Kier alpha value is -2.58. The number of anilines is 1. The Balaban J connectivity index is 1.33. The largest absolute Gasteiger partial charge is 0.496 e. The maximum atomic E-state index is 12.9. The number of ether oxygens (including phenoxy) is 1. The van der Waals surface area contributed by atoms with E-state index in [4.69, 9.17) is 4.74 Å². The molecule has 1 N–H and O–H groups in total. The molecule has 2 fully saturated rings. The average molecular weight is 472 g/mol. The molecular formula is C25H33N3O4S. The van der Waals surface area contributed by atoms with Gasteiger partial charge in [-0.15, -0.1) is 0 Å². The van der Waals surface area contributed by atoms with E-state index < -0.39 is 10.0 Å². The van der Waals surface area contributed by atoms with Crippen LogP contribution in [0.2, 0.25) is 0 Å². The van der Waals surface area contributed by atoms with Crippen molar-refractivity contribution in [3.63, 3.8) is 0 Å². The molecule has 7 nitrogen and oxygen atoms in total. The Morgan fingerprint density at radius 1 is 0.970 bits per heavy atom. The molecular weight excluding hydrogens is 438 g/mol. The molecule has 178 valence electrons. The molecule has 0 aromatic heterocycles. The highest BCUT2D eigenvalue weighted by Crippen LogP contribution is 2.27. The summed E-state index contributed by atoms with van der Waals surface area (Å²) in [5.41, 5.74) is 3.02. The van der Waals surface area contributed by atoms with E-state index in [-0.39, 0.29) is 17.2 Å². The fraction of sp³-hybridized carbons (Fsp3) is 0.480. The third kappa shape index (κ3) is 5.68. The predicted molar refractivity (Wildman–Crippen MR) is 129 cm³/mol. The molecule has 8 heteroatoms. The van der Waals surface area contributed by atoms with Gasteiger partial charge in [0.15, 0.2) is 0 Å². The highest BCUT2D eigenvalue weighted by Gasteiger charge is 2.27. The van der Waals surface area contributed by atoms with Crippen molar-refractivity contribution in [3.8, 4) is 5.75 Å². The van der Waals surface area contributed by atoms with Crippen LogP contribution in [0.15, 0.2) is 47.4 Å². The lowest BCUT2D eigenvalue weighted by Gasteiger charge is -2.18. The number of amides is 1. The Labute approximate surface area is 196 Å². The summed E-state index contributed by atoms with van der Waals surface area (Å²) in [6, 6.07) is 13.3. The molecule has 2 aliphatic heterocycles. The Morgan fingerprint density at radius 2 is 1.64 bits per heavy atom. The molecule has 2 aromatic carbocycles. The summed E-state index contributed by atoms with van der Waals surface area (Å²) in [6.45, 7) is 3.82. The number of benzene rings is 2. The first kappa shape index (κ1) is 23.6. The van der Waals surface area contributed by atoms with Crippen molar-refractivity contribution >= 4 is 21.6 Å². The van der Waals surface area contributed by atoms with Gasteiger partial charge in [-0.3, -0.25) is 4.79 Å². The molecule has 0 atom stereocenters. The van der Waals surface area contributed by atoms with Gasteiger partial charge in [0, 0.05) is 44.8 Å². The van der Waals surface area contributed by atoms with Crippen LogP contribution in [0.4, 0.5) is 5.69 Å². The zero-order chi connectivity index (χ0) is 23.3. The fourth-order valence-electron chi connectivity index (χ4n) is 4.53. The van der Waals surface area contributed by atoms with Crippen molar-refractivity contribution in [1.29, 1.82) is 0 Å². The zero-order valence-corrected chi connectivity index (χ0v) is 20.1. The van der Waals surface area contributed by atoms with Crippen LogP contribution in [0.25, 0.3) is 0 Å². The molecule has 2 aliphatic rings. The Bertz CT molecular complexity index is 1060. The van der Waals surface area contributed by atoms with Crippen molar-refractivity contribution in [2.24, 2.45) is 0 Å². The van der Waals surface area contributed by atoms with E-state index in [1.165, 1.54) is 22.8 Å². The minimum Gasteiger partial charge on any atom is -0.496 e. The van der Waals surface area contributed by atoms with Crippen molar-refractivity contribution in [2.75, 3.05) is 38.2 Å². The third-order valence-electron chi connectivity index (χ3n) is 6.47. The minimum absolute atomic E-state index is 0.0755. The molecule has 2 aromatic rings. The van der Waals surface area contributed by atoms with Gasteiger partial charge < -0.3 is 15.0 Å². The topological polar surface area (TPSA) is 79.0 Å². The summed E-state index contributed by atoms with van der Waals surface area (Å²) >= 11 is 0. The molecule has 0 aliphatic carbocycles. The SMILES string of the molecule is COc1ccc(S(=O)(=O)N2CCCC2)cc1CCC(=O)NCc1ccc(N2CCCC2)cc1. The maximum absolute atomic E-state index is 12.9. The first-order valence-corrected chi connectivity index (χ1v) is 13.2. The summed E-state index contributed by atoms with van der Waals surface area (Å²) in [7, 11) is -1.95. The number of carbonyl (C=O) groups is 1. The first-order valence-electron chi connectivity index (χ1n) is 11.7. The summed E-state index contributed by atoms with van der Waals surface area (Å²) in [4.78, 5) is 15.1. The van der Waals surface area contributed by atoms with Gasteiger partial charge in [0.05, 0.1) is 12.0 Å². The number of rotatable bonds is 9. The molecule has 0 saturated carbocycles. The normalized spacial score (nSPS) is 16.8. The molecule has 0 bridgehead atoms. The lowest BCUT2D eigenvalue weighted by molar-refractivity contribution is -0.121. The fourth-order valence-corrected chi connectivity index (χ4v) is 6.09. The number of nitrogens with one attached hydrogen (secondary N) is 1. The molecule has 33 heavy (non-hydrogen) atoms. The molecule has 0 spiro atoms. The monoisotopic (exact) mass is 471 g/mol. The number of nitrogens with zero attached hydrogens (tertiary/aromatic N) is 2. The van der Waals surface area contributed by atoms with Crippen molar-refractivity contribution in [2.45, 2.75) is 50.0 Å². The summed E-state index contributed by atoms with van der Waals surface area (Å²) in [5, 5.41) is 2.97. The van der Waals surface area contributed by atoms with Gasteiger partial charge in [-0.2, -0.15) is 4.31 Å². The standard InChI is InChI=1S/C25H33N3O4S/c1-32-24-12-11-23(33(30,31)28-16-4-5-17-28)18-21(24)8-13-25(29)26-19-20-6-9-22(10-7-20)27-14-2-3-15-27/h6-7,9-12,18H,2-5,8,13-17,19H2,1H3,(H,26,29). The predicted octanol–water partition coefficient (Wildman–Crippen LogP) is 3.33. The van der Waals surface area contributed by atoms with Crippen molar-refractivity contribution in [3.05, 3.63) is 53.6 Å². The van der Waals surface area contributed by atoms with E-state index in [0.29, 0.717) is 31.8 Å². The van der Waals surface area contributed by atoms with Crippen LogP contribution in [0.1, 0.15) is 43.2 Å². The second kappa shape index (κ2) is 10.6. The number of hydrogen-bond donors (Lipinski definition) is 1. The number of methoxy groups -OCH3 is 1. The van der Waals surface area contributed by atoms with Gasteiger partial charge in [0.2, 0.25) is 15.9 Å². The third-order valence-corrected chi connectivity index (χ3v) is 8.37. The van der Waals surface area contributed by atoms with Crippen LogP contribution in [-0.2, 0) is 27.8 Å². The van der Waals surface area contributed by atoms with E-state index in [9.17, 15) is 13.2 Å². The smallest absolute Gasteiger partial charge is 0.243 e. The van der Waals surface area contributed by atoms with Gasteiger partial charge in [-0.1, -0.05) is 12.1 Å². The maximum Gasteiger partial charge on any atom is 0.243 e. The van der Waals surface area contributed by atoms with Crippen LogP contribution < -0.4 is 15.0 Å². The van der Waals surface area contributed by atoms with Gasteiger partial charge in [-0.05, 0) is 73.6 Å². The van der Waals surface area contributed by atoms with Crippen LogP contribution in [-0.4, -0.2) is 51.9 Å². The first-order chi connectivity index (χ1) is 16.0. The van der Waals surface area contributed by atoms with Crippen molar-refractivity contribution in [1.82, 2.24) is 9.62 Å². The van der Waals surface area contributed by atoms with E-state index >= 15 is 0 Å². The molecule has 2 heterocycles. The van der Waals surface area contributed by atoms with Crippen LogP contribution in [0.5, 0.6) is 5.75 Å². The van der Waals surface area contributed by atoms with Crippen LogP contribution in [0, 0.1) is 0 Å². The molecule has 2 saturated heterocycles. The average Bonchev–Trinajstić information content (AvgIpc) is 3.56. The molecule has 0 unspecified atom stereocenters. The van der Waals surface area contributed by atoms with E-state index in [0.717, 1.165) is 37.1 Å². The lowest BCUT2D eigenvalue weighted by atomic mass is 10.1. The molecule has 4 rings (SSSR count). The number of sulfonamides is 1. The summed E-state index contributed by atoms with van der Waals surface area (Å²) in [5.74, 6) is 0.522.